The van der Waals surface area contributed by atoms with Crippen molar-refractivity contribution >= 4 is 11.5 Å². The van der Waals surface area contributed by atoms with Crippen LogP contribution < -0.4 is 0 Å². The van der Waals surface area contributed by atoms with Crippen LogP contribution in [0.15, 0.2) is 30.6 Å². The number of aryl methyl sites for hydroxylation is 2. The highest BCUT2D eigenvalue weighted by molar-refractivity contribution is 5.83. The molecule has 6 nitrogen and oxygen atoms in total. The van der Waals surface area contributed by atoms with E-state index in [4.69, 9.17) is 14.9 Å². The Morgan fingerprint density at radius 1 is 1.18 bits per heavy atom. The fourth-order valence-corrected chi connectivity index (χ4v) is 5.18. The molecule has 3 heterocycles. The lowest BCUT2D eigenvalue weighted by molar-refractivity contribution is -0.137. The summed E-state index contributed by atoms with van der Waals surface area (Å²) in [6.45, 7) is 5.47. The highest BCUT2D eigenvalue weighted by Crippen LogP contribution is 2.33. The summed E-state index contributed by atoms with van der Waals surface area (Å²) in [7, 11) is 0. The number of aromatic nitrogens is 3. The summed E-state index contributed by atoms with van der Waals surface area (Å²) < 4.78 is 8.34. The first-order chi connectivity index (χ1) is 16.6. The lowest BCUT2D eigenvalue weighted by Gasteiger charge is -2.22. The van der Waals surface area contributed by atoms with Gasteiger partial charge in [-0.1, -0.05) is 26.2 Å². The van der Waals surface area contributed by atoms with Crippen LogP contribution in [-0.4, -0.2) is 32.3 Å². The molecule has 0 radical (unpaired) electrons. The van der Waals surface area contributed by atoms with E-state index in [0.717, 1.165) is 59.3 Å². The second-order valence-electron chi connectivity index (χ2n) is 9.65. The Balaban J connectivity index is 1.71. The Kier molecular flexibility index (Phi) is 8.33. The van der Waals surface area contributed by atoms with Gasteiger partial charge in [0.2, 0.25) is 0 Å². The first-order valence-corrected chi connectivity index (χ1v) is 12.8. The van der Waals surface area contributed by atoms with Crippen LogP contribution in [0, 0.1) is 12.8 Å². The molecule has 1 aliphatic carbocycles. The van der Waals surface area contributed by atoms with Crippen molar-refractivity contribution in [3.8, 4) is 11.1 Å². The summed E-state index contributed by atoms with van der Waals surface area (Å²) in [6, 6.07) is 6.47. The molecule has 1 fully saturated rings. The van der Waals surface area contributed by atoms with E-state index in [1.54, 1.807) is 0 Å². The average molecular weight is 464 g/mol. The van der Waals surface area contributed by atoms with Crippen LogP contribution in [0.4, 0.5) is 0 Å². The lowest BCUT2D eigenvalue weighted by atomic mass is 9.90. The number of aliphatic carboxylic acids is 1. The van der Waals surface area contributed by atoms with Crippen molar-refractivity contribution in [2.45, 2.75) is 84.7 Å². The zero-order valence-corrected chi connectivity index (χ0v) is 20.6. The summed E-state index contributed by atoms with van der Waals surface area (Å²) in [5.41, 5.74) is 7.71. The summed E-state index contributed by atoms with van der Waals surface area (Å²) in [4.78, 5) is 15.5. The van der Waals surface area contributed by atoms with E-state index in [9.17, 15) is 4.79 Å². The van der Waals surface area contributed by atoms with Crippen LogP contribution in [0.5, 0.6) is 0 Å². The molecule has 1 N–H and O–H groups in total. The molecule has 0 aromatic carbocycles. The molecule has 0 unspecified atom stereocenters. The summed E-state index contributed by atoms with van der Waals surface area (Å²) in [6.07, 6.45) is 13.6. The molecule has 6 heteroatoms. The molecular formula is C28H37N3O3. The zero-order valence-electron chi connectivity index (χ0n) is 20.6. The standard InChI is InChI=1S/C28H37N3O3/c1-3-23-13-14-26-28(22-15-20(2)16-29-17-22)24(11-7-8-12-27(32)33)25(30-31(23)26)19-34-18-21-9-5-4-6-10-21/h13-17,21H,3-12,18-19H2,1-2H3,(H,32,33). The predicted molar refractivity (Wildman–Crippen MR) is 134 cm³/mol. The van der Waals surface area contributed by atoms with Gasteiger partial charge in [-0.15, -0.1) is 0 Å². The van der Waals surface area contributed by atoms with Gasteiger partial charge in [-0.2, -0.15) is 5.10 Å². The second-order valence-corrected chi connectivity index (χ2v) is 9.65. The monoisotopic (exact) mass is 463 g/mol. The summed E-state index contributed by atoms with van der Waals surface area (Å²) in [5, 5.41) is 14.2. The van der Waals surface area contributed by atoms with Crippen LogP contribution in [-0.2, 0) is 29.0 Å². The van der Waals surface area contributed by atoms with Crippen molar-refractivity contribution in [1.29, 1.82) is 0 Å². The van der Waals surface area contributed by atoms with Crippen molar-refractivity contribution in [1.82, 2.24) is 14.6 Å². The van der Waals surface area contributed by atoms with Crippen molar-refractivity contribution in [3.63, 3.8) is 0 Å². The van der Waals surface area contributed by atoms with Gasteiger partial charge in [-0.3, -0.25) is 9.78 Å². The minimum atomic E-state index is -0.744. The van der Waals surface area contributed by atoms with E-state index in [2.05, 4.69) is 41.5 Å². The molecule has 0 saturated heterocycles. The number of rotatable bonds is 11. The fourth-order valence-electron chi connectivity index (χ4n) is 5.18. The maximum absolute atomic E-state index is 11.1. The number of carboxylic acids is 1. The highest BCUT2D eigenvalue weighted by Gasteiger charge is 2.20. The molecule has 3 aromatic heterocycles. The SMILES string of the molecule is CCc1ccc2c(-c3cncc(C)c3)c(CCCCC(=O)O)c(COCC3CCCCC3)nn12. The Hall–Kier alpha value is -2.73. The number of fused-ring (bicyclic) bond motifs is 1. The Morgan fingerprint density at radius 3 is 2.74 bits per heavy atom. The molecule has 1 aliphatic rings. The lowest BCUT2D eigenvalue weighted by Crippen LogP contribution is -2.15. The van der Waals surface area contributed by atoms with Gasteiger partial charge in [-0.25, -0.2) is 4.52 Å². The van der Waals surface area contributed by atoms with Gasteiger partial charge in [-0.05, 0) is 80.7 Å². The molecule has 1 saturated carbocycles. The molecular weight excluding hydrogens is 426 g/mol. The fraction of sp³-hybridized carbons (Fsp3) is 0.536. The number of nitrogens with zero attached hydrogens (tertiary/aromatic N) is 3. The van der Waals surface area contributed by atoms with Crippen LogP contribution in [0.1, 0.15) is 80.8 Å². The first kappa shape index (κ1) is 24.4. The van der Waals surface area contributed by atoms with Gasteiger partial charge in [0.1, 0.15) is 0 Å². The van der Waals surface area contributed by atoms with Crippen molar-refractivity contribution < 1.29 is 14.6 Å². The number of hydrogen-bond acceptors (Lipinski definition) is 4. The van der Waals surface area contributed by atoms with Crippen LogP contribution in [0.2, 0.25) is 0 Å². The summed E-state index contributed by atoms with van der Waals surface area (Å²) >= 11 is 0. The molecule has 0 bridgehead atoms. The molecule has 182 valence electrons. The predicted octanol–water partition coefficient (Wildman–Crippen LogP) is 6.16. The maximum atomic E-state index is 11.1. The molecule has 0 spiro atoms. The van der Waals surface area contributed by atoms with E-state index in [0.29, 0.717) is 18.9 Å². The molecule has 0 amide bonds. The van der Waals surface area contributed by atoms with E-state index in [1.165, 1.54) is 37.8 Å². The number of hydrogen-bond donors (Lipinski definition) is 1. The van der Waals surface area contributed by atoms with Gasteiger partial charge in [0.15, 0.2) is 0 Å². The highest BCUT2D eigenvalue weighted by atomic mass is 16.5. The number of ether oxygens (including phenoxy) is 1. The summed E-state index contributed by atoms with van der Waals surface area (Å²) in [5.74, 6) is -0.0957. The molecule has 0 aliphatic heterocycles. The van der Waals surface area contributed by atoms with E-state index in [1.807, 2.05) is 12.4 Å². The van der Waals surface area contributed by atoms with Gasteiger partial charge < -0.3 is 9.84 Å². The van der Waals surface area contributed by atoms with Crippen molar-refractivity contribution in [2.75, 3.05) is 6.61 Å². The Labute approximate surface area is 202 Å². The van der Waals surface area contributed by atoms with Gasteiger partial charge in [0.25, 0.3) is 0 Å². The van der Waals surface area contributed by atoms with E-state index < -0.39 is 5.97 Å². The second kappa shape index (κ2) is 11.6. The van der Waals surface area contributed by atoms with Gasteiger partial charge in [0, 0.05) is 42.2 Å². The topological polar surface area (TPSA) is 76.7 Å². The van der Waals surface area contributed by atoms with Gasteiger partial charge >= 0.3 is 5.97 Å². The number of unbranched alkanes of at least 4 members (excludes halogenated alkanes) is 1. The Bertz CT molecular complexity index is 1120. The largest absolute Gasteiger partial charge is 0.481 e. The number of carboxylic acid groups (broad SMARTS) is 1. The van der Waals surface area contributed by atoms with Crippen molar-refractivity contribution in [3.05, 3.63) is 53.1 Å². The maximum Gasteiger partial charge on any atom is 0.303 e. The first-order valence-electron chi connectivity index (χ1n) is 12.8. The van der Waals surface area contributed by atoms with E-state index in [-0.39, 0.29) is 6.42 Å². The van der Waals surface area contributed by atoms with Crippen LogP contribution >= 0.6 is 0 Å². The molecule has 4 rings (SSSR count). The zero-order chi connectivity index (χ0) is 23.9. The van der Waals surface area contributed by atoms with Crippen molar-refractivity contribution in [2.24, 2.45) is 5.92 Å². The Morgan fingerprint density at radius 2 is 2.00 bits per heavy atom. The molecule has 34 heavy (non-hydrogen) atoms. The van der Waals surface area contributed by atoms with Gasteiger partial charge in [0.05, 0.1) is 17.8 Å². The number of carbonyl (C=O) groups is 1. The smallest absolute Gasteiger partial charge is 0.303 e. The van der Waals surface area contributed by atoms with E-state index >= 15 is 0 Å². The van der Waals surface area contributed by atoms with Crippen LogP contribution in [0.25, 0.3) is 16.6 Å². The third kappa shape index (κ3) is 5.84. The minimum absolute atomic E-state index is 0.190. The average Bonchev–Trinajstić information content (AvgIpc) is 3.24. The minimum Gasteiger partial charge on any atom is -0.481 e. The van der Waals surface area contributed by atoms with Crippen LogP contribution in [0.3, 0.4) is 0 Å². The normalized spacial score (nSPS) is 14.6. The molecule has 3 aromatic rings. The molecule has 0 atom stereocenters. The third-order valence-corrected chi connectivity index (χ3v) is 6.97. The third-order valence-electron chi connectivity index (χ3n) is 6.97. The number of pyridine rings is 1. The quantitative estimate of drug-likeness (QED) is 0.345.